The third kappa shape index (κ3) is 4.20. The Morgan fingerprint density at radius 1 is 1.13 bits per heavy atom. The van der Waals surface area contributed by atoms with Crippen LogP contribution in [0, 0.1) is 5.92 Å². The van der Waals surface area contributed by atoms with Crippen molar-refractivity contribution < 1.29 is 24.9 Å². The molecule has 0 radical (unpaired) electrons. The second-order valence-corrected chi connectivity index (χ2v) is 8.14. The van der Waals surface area contributed by atoms with Crippen LogP contribution >= 0.6 is 0 Å². The number of rotatable bonds is 6. The van der Waals surface area contributed by atoms with E-state index in [2.05, 4.69) is 12.7 Å². The zero-order valence-electron chi connectivity index (χ0n) is 17.6. The first-order valence-corrected chi connectivity index (χ1v) is 10.0. The van der Waals surface area contributed by atoms with Gasteiger partial charge in [0.1, 0.15) is 17.4 Å². The summed E-state index contributed by atoms with van der Waals surface area (Å²) < 4.78 is 6.15. The van der Waals surface area contributed by atoms with Gasteiger partial charge in [0, 0.05) is 5.56 Å². The third-order valence-corrected chi connectivity index (χ3v) is 5.51. The third-order valence-electron chi connectivity index (χ3n) is 5.51. The van der Waals surface area contributed by atoms with Gasteiger partial charge in [-0.1, -0.05) is 54.1 Å². The van der Waals surface area contributed by atoms with Crippen LogP contribution in [-0.2, 0) is 6.42 Å². The summed E-state index contributed by atoms with van der Waals surface area (Å²) in [6, 6.07) is 9.34. The van der Waals surface area contributed by atoms with Gasteiger partial charge in [0.2, 0.25) is 5.75 Å². The van der Waals surface area contributed by atoms with E-state index < -0.39 is 23.4 Å². The number of ether oxygens (including phenoxy) is 1. The molecule has 0 bridgehead atoms. The van der Waals surface area contributed by atoms with Crippen molar-refractivity contribution in [2.45, 2.75) is 46.1 Å². The molecule has 1 aliphatic heterocycles. The van der Waals surface area contributed by atoms with Crippen molar-refractivity contribution in [1.82, 2.24) is 0 Å². The number of ketones is 1. The lowest BCUT2D eigenvalue weighted by Gasteiger charge is -2.30. The highest BCUT2D eigenvalue weighted by Crippen LogP contribution is 2.52. The second kappa shape index (κ2) is 8.66. The smallest absolute Gasteiger partial charge is 0.201 e. The van der Waals surface area contributed by atoms with Gasteiger partial charge in [0.25, 0.3) is 0 Å². The molecule has 5 heteroatoms. The maximum atomic E-state index is 12.9. The maximum absolute atomic E-state index is 12.9. The van der Waals surface area contributed by atoms with Gasteiger partial charge >= 0.3 is 0 Å². The van der Waals surface area contributed by atoms with Crippen LogP contribution in [-0.4, -0.2) is 21.1 Å². The molecule has 0 spiro atoms. The van der Waals surface area contributed by atoms with Crippen molar-refractivity contribution in [2.24, 2.45) is 5.92 Å². The molecule has 0 aliphatic carbocycles. The van der Waals surface area contributed by atoms with Gasteiger partial charge in [-0.3, -0.25) is 4.79 Å². The Balaban J connectivity index is 2.09. The molecule has 0 aromatic heterocycles. The zero-order valence-corrected chi connectivity index (χ0v) is 17.6. The van der Waals surface area contributed by atoms with Gasteiger partial charge in [0.05, 0.1) is 6.42 Å². The number of benzene rings is 2. The average Bonchev–Trinajstić information content (AvgIpc) is 2.71. The Hall–Kier alpha value is -3.21. The predicted molar refractivity (Wildman–Crippen MR) is 116 cm³/mol. The number of carbonyl (C=O) groups is 1. The fraction of sp³-hybridized carbons (Fsp3) is 0.320. The van der Waals surface area contributed by atoms with Crippen LogP contribution in [0.4, 0.5) is 0 Å². The Bertz CT molecular complexity index is 1000. The number of aromatic hydroxyl groups is 3. The molecule has 2 aromatic rings. The molecule has 0 amide bonds. The van der Waals surface area contributed by atoms with E-state index in [1.54, 1.807) is 0 Å². The van der Waals surface area contributed by atoms with Crippen LogP contribution < -0.4 is 4.74 Å². The predicted octanol–water partition coefficient (Wildman–Crippen LogP) is 5.60. The fourth-order valence-electron chi connectivity index (χ4n) is 3.71. The minimum Gasteiger partial charge on any atom is -0.504 e. The van der Waals surface area contributed by atoms with E-state index in [0.717, 1.165) is 16.7 Å². The summed E-state index contributed by atoms with van der Waals surface area (Å²) in [6.07, 6.45) is 2.60. The summed E-state index contributed by atoms with van der Waals surface area (Å²) in [5, 5.41) is 31.3. The van der Waals surface area contributed by atoms with E-state index in [-0.39, 0.29) is 29.4 Å². The van der Waals surface area contributed by atoms with Crippen molar-refractivity contribution in [3.8, 4) is 23.0 Å². The SMILES string of the molecule is C=C(C)C(CC=C(C)C)Cc1c(O)c(O)c(O)c2c1OC(c1ccccc1)CC2=O. The van der Waals surface area contributed by atoms with Crippen molar-refractivity contribution in [3.05, 3.63) is 70.8 Å². The first-order valence-electron chi connectivity index (χ1n) is 10.0. The molecule has 30 heavy (non-hydrogen) atoms. The quantitative estimate of drug-likeness (QED) is 0.428. The molecule has 5 nitrogen and oxygen atoms in total. The second-order valence-electron chi connectivity index (χ2n) is 8.14. The van der Waals surface area contributed by atoms with E-state index in [4.69, 9.17) is 4.74 Å². The number of hydrogen-bond acceptors (Lipinski definition) is 5. The van der Waals surface area contributed by atoms with Gasteiger partial charge in [-0.2, -0.15) is 0 Å². The molecule has 3 N–H and O–H groups in total. The molecule has 3 rings (SSSR count). The van der Waals surface area contributed by atoms with Crippen LogP contribution in [0.15, 0.2) is 54.1 Å². The average molecular weight is 408 g/mol. The molecule has 1 aliphatic rings. The van der Waals surface area contributed by atoms with Crippen molar-refractivity contribution in [3.63, 3.8) is 0 Å². The number of allylic oxidation sites excluding steroid dienone is 3. The Morgan fingerprint density at radius 3 is 2.40 bits per heavy atom. The Morgan fingerprint density at radius 2 is 1.80 bits per heavy atom. The Labute approximate surface area is 177 Å². The molecule has 2 atom stereocenters. The van der Waals surface area contributed by atoms with Gasteiger partial charge in [-0.15, -0.1) is 0 Å². The van der Waals surface area contributed by atoms with E-state index in [1.165, 1.54) is 0 Å². The standard InChI is InChI=1S/C25H28O5/c1-14(2)10-11-17(15(3)4)12-18-22(27)24(29)23(28)21-19(26)13-20(30-25(18)21)16-8-6-5-7-9-16/h5-10,17,20,27-29H,3,11-13H2,1-2,4H3. The molecule has 2 unspecified atom stereocenters. The van der Waals surface area contributed by atoms with Crippen LogP contribution in [0.2, 0.25) is 0 Å². The summed E-state index contributed by atoms with van der Waals surface area (Å²) in [5.74, 6) is -2.03. The zero-order chi connectivity index (χ0) is 22.0. The molecule has 1 heterocycles. The molecule has 0 fully saturated rings. The summed E-state index contributed by atoms with van der Waals surface area (Å²) in [7, 11) is 0. The normalized spacial score (nSPS) is 16.4. The van der Waals surface area contributed by atoms with Crippen molar-refractivity contribution in [2.75, 3.05) is 0 Å². The number of phenols is 3. The highest BCUT2D eigenvalue weighted by molar-refractivity contribution is 6.04. The van der Waals surface area contributed by atoms with Gasteiger partial charge < -0.3 is 20.1 Å². The summed E-state index contributed by atoms with van der Waals surface area (Å²) in [5.41, 5.74) is 3.14. The monoisotopic (exact) mass is 408 g/mol. The molecule has 0 saturated carbocycles. The molecule has 158 valence electrons. The topological polar surface area (TPSA) is 87.0 Å². The first-order chi connectivity index (χ1) is 14.2. The number of fused-ring (bicyclic) bond motifs is 1. The van der Waals surface area contributed by atoms with E-state index in [1.807, 2.05) is 51.1 Å². The van der Waals surface area contributed by atoms with Crippen LogP contribution in [0.25, 0.3) is 0 Å². The maximum Gasteiger partial charge on any atom is 0.201 e. The van der Waals surface area contributed by atoms with Crippen LogP contribution in [0.3, 0.4) is 0 Å². The van der Waals surface area contributed by atoms with E-state index >= 15 is 0 Å². The highest BCUT2D eigenvalue weighted by atomic mass is 16.5. The van der Waals surface area contributed by atoms with Gasteiger partial charge in [0.15, 0.2) is 17.3 Å². The first kappa shape index (κ1) is 21.5. The van der Waals surface area contributed by atoms with Crippen molar-refractivity contribution >= 4 is 5.78 Å². The highest BCUT2D eigenvalue weighted by Gasteiger charge is 2.36. The van der Waals surface area contributed by atoms with Crippen LogP contribution in [0.5, 0.6) is 23.0 Å². The fourth-order valence-corrected chi connectivity index (χ4v) is 3.71. The summed E-state index contributed by atoms with van der Waals surface area (Å²) in [4.78, 5) is 12.9. The molecule has 2 aromatic carbocycles. The van der Waals surface area contributed by atoms with Crippen LogP contribution in [0.1, 0.15) is 61.2 Å². The lowest BCUT2D eigenvalue weighted by Crippen LogP contribution is -2.22. The number of carbonyl (C=O) groups excluding carboxylic acids is 1. The number of phenolic OH excluding ortho intramolecular Hbond substituents is 3. The minimum absolute atomic E-state index is 0.0327. The number of hydrogen-bond donors (Lipinski definition) is 3. The minimum atomic E-state index is -0.693. The lowest BCUT2D eigenvalue weighted by molar-refractivity contribution is 0.0840. The number of Topliss-reactive ketones (excluding diaryl/α,β-unsaturated/α-hetero) is 1. The van der Waals surface area contributed by atoms with Crippen molar-refractivity contribution in [1.29, 1.82) is 0 Å². The molecular weight excluding hydrogens is 380 g/mol. The molecule has 0 saturated heterocycles. The summed E-state index contributed by atoms with van der Waals surface area (Å²) >= 11 is 0. The summed E-state index contributed by atoms with van der Waals surface area (Å²) in [6.45, 7) is 9.98. The van der Waals surface area contributed by atoms with Gasteiger partial charge in [-0.05, 0) is 45.1 Å². The largest absolute Gasteiger partial charge is 0.504 e. The molecular formula is C25H28O5. The van der Waals surface area contributed by atoms with E-state index in [0.29, 0.717) is 18.4 Å². The lowest BCUT2D eigenvalue weighted by atomic mass is 9.86. The van der Waals surface area contributed by atoms with Gasteiger partial charge in [-0.25, -0.2) is 0 Å². The Kier molecular flexibility index (Phi) is 6.20. The van der Waals surface area contributed by atoms with E-state index in [9.17, 15) is 20.1 Å².